The van der Waals surface area contributed by atoms with E-state index in [1.165, 1.54) is 6.47 Å². The van der Waals surface area contributed by atoms with Crippen molar-refractivity contribution in [3.8, 4) is 0 Å². The molecule has 44 valence electrons. The zero-order chi connectivity index (χ0) is 5.91. The summed E-state index contributed by atoms with van der Waals surface area (Å²) in [6.45, 7) is 6.73. The van der Waals surface area contributed by atoms with Crippen LogP contribution in [0.5, 0.6) is 0 Å². The van der Waals surface area contributed by atoms with Gasteiger partial charge < -0.3 is 9.53 Å². The molecule has 0 saturated carbocycles. The normalized spacial score (nSPS) is 9.38. The van der Waals surface area contributed by atoms with Gasteiger partial charge in [0.25, 0.3) is 0 Å². The van der Waals surface area contributed by atoms with Crippen LogP contribution in [-0.4, -0.2) is 12.1 Å². The van der Waals surface area contributed by atoms with E-state index in [0.717, 1.165) is 0 Å². The van der Waals surface area contributed by atoms with E-state index in [1.807, 2.05) is 0 Å². The average Bonchev–Trinajstić information content (AvgIpc) is 1.30. The summed E-state index contributed by atoms with van der Waals surface area (Å²) in [5.74, 6) is 0. The van der Waals surface area contributed by atoms with E-state index in [9.17, 15) is 4.79 Å². The molecular weight excluding hydrogens is 157 g/mol. The van der Waals surface area contributed by atoms with E-state index in [4.69, 9.17) is 0 Å². The smallest absolute Gasteiger partial charge is 0.0623 e. The fourth-order valence-corrected chi connectivity index (χ4v) is 0.125. The Morgan fingerprint density at radius 1 is 1.38 bits per heavy atom. The second-order valence-corrected chi connectivity index (χ2v) is 2.30. The summed E-state index contributed by atoms with van der Waals surface area (Å²) in [5.41, 5.74) is -0.373. The summed E-state index contributed by atoms with van der Waals surface area (Å²) in [7, 11) is 0. The average molecular weight is 167 g/mol. The molecule has 3 heteroatoms. The SMILES string of the molecule is CC(C)(C)O[C-]=O.[Zn]. The number of rotatable bonds is 1. The van der Waals surface area contributed by atoms with Crippen LogP contribution in [0.25, 0.3) is 0 Å². The summed E-state index contributed by atoms with van der Waals surface area (Å²) < 4.78 is 4.42. The number of carbonyl (C=O) groups excluding carboxylic acids is 1. The first-order chi connectivity index (χ1) is 3.06. The molecule has 2 nitrogen and oxygen atoms in total. The van der Waals surface area contributed by atoms with Gasteiger partial charge in [0, 0.05) is 19.5 Å². The zero-order valence-electron chi connectivity index (χ0n) is 5.52. The van der Waals surface area contributed by atoms with Gasteiger partial charge in [-0.05, 0) is 20.8 Å². The van der Waals surface area contributed by atoms with Gasteiger partial charge in [0.1, 0.15) is 0 Å². The van der Waals surface area contributed by atoms with Crippen LogP contribution in [0.4, 0.5) is 0 Å². The third kappa shape index (κ3) is 9.43. The van der Waals surface area contributed by atoms with Crippen LogP contribution in [0.15, 0.2) is 0 Å². The Kier molecular flexibility index (Phi) is 5.51. The molecule has 0 amide bonds. The molecule has 0 aliphatic heterocycles. The Morgan fingerprint density at radius 2 is 1.75 bits per heavy atom. The Morgan fingerprint density at radius 3 is 1.75 bits per heavy atom. The minimum atomic E-state index is -0.373. The second kappa shape index (κ2) is 4.02. The van der Waals surface area contributed by atoms with Crippen LogP contribution in [0.1, 0.15) is 20.8 Å². The first kappa shape index (κ1) is 11.0. The maximum atomic E-state index is 9.47. The number of hydrogen-bond acceptors (Lipinski definition) is 2. The predicted molar refractivity (Wildman–Crippen MR) is 26.5 cm³/mol. The van der Waals surface area contributed by atoms with Crippen LogP contribution in [-0.2, 0) is 29.0 Å². The number of hydrogen-bond donors (Lipinski definition) is 0. The third-order valence-electron chi connectivity index (χ3n) is 0.348. The van der Waals surface area contributed by atoms with Crippen LogP contribution < -0.4 is 0 Å². The van der Waals surface area contributed by atoms with E-state index in [-0.39, 0.29) is 25.1 Å². The van der Waals surface area contributed by atoms with Crippen molar-refractivity contribution < 1.29 is 29.0 Å². The van der Waals surface area contributed by atoms with Gasteiger partial charge in [-0.3, -0.25) is 0 Å². The molecule has 0 aromatic rings. The monoisotopic (exact) mass is 165 g/mol. The third-order valence-corrected chi connectivity index (χ3v) is 0.348. The van der Waals surface area contributed by atoms with Gasteiger partial charge in [-0.1, -0.05) is 6.47 Å². The van der Waals surface area contributed by atoms with Crippen LogP contribution in [0, 0.1) is 0 Å². The van der Waals surface area contributed by atoms with Crippen molar-refractivity contribution in [1.29, 1.82) is 0 Å². The van der Waals surface area contributed by atoms with Crippen molar-refractivity contribution in [2.24, 2.45) is 0 Å². The van der Waals surface area contributed by atoms with Crippen molar-refractivity contribution in [1.82, 2.24) is 0 Å². The van der Waals surface area contributed by atoms with Gasteiger partial charge in [-0.2, -0.15) is 0 Å². The Balaban J connectivity index is 0. The molecular formula is C5H9O2Zn-. The van der Waals surface area contributed by atoms with Gasteiger partial charge >= 0.3 is 0 Å². The van der Waals surface area contributed by atoms with Crippen molar-refractivity contribution in [3.05, 3.63) is 0 Å². The summed E-state index contributed by atoms with van der Waals surface area (Å²) >= 11 is 0. The van der Waals surface area contributed by atoms with E-state index in [0.29, 0.717) is 0 Å². The molecule has 0 unspecified atom stereocenters. The Bertz CT molecular complexity index is 65.3. The van der Waals surface area contributed by atoms with Crippen LogP contribution in [0.2, 0.25) is 0 Å². The molecule has 0 spiro atoms. The largest absolute Gasteiger partial charge is 0.649 e. The van der Waals surface area contributed by atoms with E-state index in [1.54, 1.807) is 20.8 Å². The second-order valence-electron chi connectivity index (χ2n) is 2.30. The minimum Gasteiger partial charge on any atom is -0.649 e. The molecule has 0 N–H and O–H groups in total. The molecule has 0 radical (unpaired) electrons. The molecule has 0 aliphatic carbocycles. The van der Waals surface area contributed by atoms with E-state index in [2.05, 4.69) is 4.74 Å². The van der Waals surface area contributed by atoms with Crippen LogP contribution >= 0.6 is 0 Å². The van der Waals surface area contributed by atoms with Crippen molar-refractivity contribution in [3.63, 3.8) is 0 Å². The molecule has 0 aliphatic rings. The van der Waals surface area contributed by atoms with Crippen LogP contribution in [0.3, 0.4) is 0 Å². The van der Waals surface area contributed by atoms with Crippen molar-refractivity contribution in [2.45, 2.75) is 26.4 Å². The topological polar surface area (TPSA) is 26.3 Å². The Hall–Kier alpha value is 0.0934. The van der Waals surface area contributed by atoms with E-state index < -0.39 is 0 Å². The molecule has 0 aromatic heterocycles. The molecule has 0 fully saturated rings. The summed E-state index contributed by atoms with van der Waals surface area (Å²) in [6, 6.07) is 0. The standard InChI is InChI=1S/C5H9O2.Zn/c1-5(2,3)7-4-6;/h1-3H3;/q-1;. The van der Waals surface area contributed by atoms with Crippen molar-refractivity contribution in [2.75, 3.05) is 0 Å². The quantitative estimate of drug-likeness (QED) is 0.427. The predicted octanol–water partition coefficient (Wildman–Crippen LogP) is 0.866. The first-order valence-electron chi connectivity index (χ1n) is 2.11. The fraction of sp³-hybridized carbons (Fsp3) is 0.800. The molecule has 0 aromatic carbocycles. The molecule has 0 atom stereocenters. The zero-order valence-corrected chi connectivity index (χ0v) is 8.49. The summed E-state index contributed by atoms with van der Waals surface area (Å²) in [6.07, 6.45) is 0. The molecule has 0 rings (SSSR count). The van der Waals surface area contributed by atoms with Gasteiger partial charge in [0.15, 0.2) is 0 Å². The van der Waals surface area contributed by atoms with Gasteiger partial charge in [-0.25, -0.2) is 0 Å². The first-order valence-corrected chi connectivity index (χ1v) is 2.11. The molecule has 0 heterocycles. The van der Waals surface area contributed by atoms with Gasteiger partial charge in [0.2, 0.25) is 0 Å². The molecule has 0 bridgehead atoms. The number of ether oxygens (including phenoxy) is 1. The maximum absolute atomic E-state index is 9.47. The molecule has 0 saturated heterocycles. The maximum Gasteiger partial charge on any atom is 0.0623 e. The summed E-state index contributed by atoms with van der Waals surface area (Å²) in [4.78, 5) is 9.47. The van der Waals surface area contributed by atoms with Crippen molar-refractivity contribution >= 4 is 6.47 Å². The fourth-order valence-electron chi connectivity index (χ4n) is 0.125. The molecule has 8 heavy (non-hydrogen) atoms. The van der Waals surface area contributed by atoms with Gasteiger partial charge in [-0.15, -0.1) is 0 Å². The van der Waals surface area contributed by atoms with Gasteiger partial charge in [0.05, 0.1) is 5.60 Å². The Labute approximate surface area is 62.4 Å². The van der Waals surface area contributed by atoms with E-state index >= 15 is 0 Å². The summed E-state index contributed by atoms with van der Waals surface area (Å²) in [5, 5.41) is 0. The minimum absolute atomic E-state index is 0.